The van der Waals surface area contributed by atoms with Crippen molar-refractivity contribution in [1.82, 2.24) is 14.8 Å². The van der Waals surface area contributed by atoms with Crippen LogP contribution in [-0.2, 0) is 16.1 Å². The summed E-state index contributed by atoms with van der Waals surface area (Å²) >= 11 is 1.20. The number of hydrogen-bond acceptors (Lipinski definition) is 6. The smallest absolute Gasteiger partial charge is 0.313 e. The molecule has 1 aliphatic rings. The van der Waals surface area contributed by atoms with Crippen LogP contribution in [0.5, 0.6) is 0 Å². The minimum absolute atomic E-state index is 0.00929. The fourth-order valence-corrected chi connectivity index (χ4v) is 2.94. The Labute approximate surface area is 122 Å². The van der Waals surface area contributed by atoms with E-state index >= 15 is 0 Å². The van der Waals surface area contributed by atoms with E-state index in [2.05, 4.69) is 28.9 Å². The highest BCUT2D eigenvalue weighted by Gasteiger charge is 2.34. The summed E-state index contributed by atoms with van der Waals surface area (Å²) in [5.41, 5.74) is -0.146. The van der Waals surface area contributed by atoms with Crippen molar-refractivity contribution in [3.8, 4) is 0 Å². The normalized spacial score (nSPS) is 18.2. The molecule has 0 atom stereocenters. The molecule has 0 unspecified atom stereocenters. The fraction of sp³-hybridized carbons (Fsp3) is 0.750. The van der Waals surface area contributed by atoms with Gasteiger partial charge in [-0.1, -0.05) is 11.8 Å². The van der Waals surface area contributed by atoms with Gasteiger partial charge in [-0.05, 0) is 20.8 Å². The van der Waals surface area contributed by atoms with Crippen molar-refractivity contribution in [2.75, 3.05) is 30.4 Å². The van der Waals surface area contributed by atoms with Crippen LogP contribution in [0.1, 0.15) is 20.8 Å². The third-order valence-electron chi connectivity index (χ3n) is 3.22. The maximum atomic E-state index is 10.7. The van der Waals surface area contributed by atoms with Crippen LogP contribution in [-0.4, -0.2) is 56.9 Å². The SMILES string of the molecule is CCn1c(SCC(=O)O)nnc1N1CCOCC1(C)C. The average molecular weight is 300 g/mol. The third-order valence-corrected chi connectivity index (χ3v) is 4.18. The Kier molecular flexibility index (Phi) is 4.54. The summed E-state index contributed by atoms with van der Waals surface area (Å²) in [6.07, 6.45) is 0. The van der Waals surface area contributed by atoms with E-state index in [0.29, 0.717) is 24.9 Å². The van der Waals surface area contributed by atoms with Gasteiger partial charge in [0.25, 0.3) is 0 Å². The predicted molar refractivity (Wildman–Crippen MR) is 76.3 cm³/mol. The molecule has 2 rings (SSSR count). The molecule has 1 N–H and O–H groups in total. The molecule has 0 aromatic carbocycles. The minimum Gasteiger partial charge on any atom is -0.481 e. The van der Waals surface area contributed by atoms with Crippen LogP contribution in [0.4, 0.5) is 5.95 Å². The molecule has 1 aliphatic heterocycles. The standard InChI is InChI=1S/C12H20N4O3S/c1-4-15-10(13-14-11(15)20-7-9(17)18)16-5-6-19-8-12(16,2)3/h4-8H2,1-3H3,(H,17,18). The Morgan fingerprint density at radius 1 is 1.50 bits per heavy atom. The van der Waals surface area contributed by atoms with Crippen LogP contribution in [0.2, 0.25) is 0 Å². The number of rotatable bonds is 5. The lowest BCUT2D eigenvalue weighted by atomic mass is 10.0. The third kappa shape index (κ3) is 3.06. The zero-order valence-electron chi connectivity index (χ0n) is 12.0. The Balaban J connectivity index is 2.25. The number of aromatic nitrogens is 3. The van der Waals surface area contributed by atoms with Crippen LogP contribution in [0, 0.1) is 0 Å². The van der Waals surface area contributed by atoms with E-state index in [9.17, 15) is 4.79 Å². The van der Waals surface area contributed by atoms with Crippen LogP contribution in [0.3, 0.4) is 0 Å². The van der Waals surface area contributed by atoms with Crippen molar-refractivity contribution in [1.29, 1.82) is 0 Å². The van der Waals surface area contributed by atoms with Crippen LogP contribution in [0.15, 0.2) is 5.16 Å². The van der Waals surface area contributed by atoms with Gasteiger partial charge in [0, 0.05) is 13.1 Å². The first kappa shape index (κ1) is 15.1. The molecular formula is C12H20N4O3S. The highest BCUT2D eigenvalue weighted by Crippen LogP contribution is 2.28. The second-order valence-electron chi connectivity index (χ2n) is 5.23. The average Bonchev–Trinajstić information content (AvgIpc) is 2.78. The maximum Gasteiger partial charge on any atom is 0.313 e. The molecule has 1 saturated heterocycles. The van der Waals surface area contributed by atoms with Gasteiger partial charge in [-0.25, -0.2) is 0 Å². The molecule has 0 radical (unpaired) electrons. The van der Waals surface area contributed by atoms with Crippen molar-refractivity contribution in [3.63, 3.8) is 0 Å². The summed E-state index contributed by atoms with van der Waals surface area (Å²) in [4.78, 5) is 12.9. The van der Waals surface area contributed by atoms with E-state index in [-0.39, 0.29) is 11.3 Å². The molecule has 8 heteroatoms. The van der Waals surface area contributed by atoms with E-state index in [1.54, 1.807) is 0 Å². The molecule has 1 aromatic rings. The molecular weight excluding hydrogens is 280 g/mol. The first-order valence-corrected chi connectivity index (χ1v) is 7.57. The van der Waals surface area contributed by atoms with E-state index < -0.39 is 5.97 Å². The van der Waals surface area contributed by atoms with E-state index in [1.165, 1.54) is 11.8 Å². The van der Waals surface area contributed by atoms with Gasteiger partial charge < -0.3 is 14.7 Å². The molecule has 1 fully saturated rings. The number of nitrogens with zero attached hydrogens (tertiary/aromatic N) is 4. The van der Waals surface area contributed by atoms with E-state index in [1.807, 2.05) is 11.5 Å². The minimum atomic E-state index is -0.853. The van der Waals surface area contributed by atoms with Gasteiger partial charge >= 0.3 is 5.97 Å². The molecule has 0 spiro atoms. The predicted octanol–water partition coefficient (Wildman–Crippen LogP) is 1.09. The van der Waals surface area contributed by atoms with Crippen LogP contribution >= 0.6 is 11.8 Å². The van der Waals surface area contributed by atoms with Crippen LogP contribution in [0.25, 0.3) is 0 Å². The van der Waals surface area contributed by atoms with Crippen molar-refractivity contribution in [3.05, 3.63) is 0 Å². The number of hydrogen-bond donors (Lipinski definition) is 1. The summed E-state index contributed by atoms with van der Waals surface area (Å²) in [5.74, 6) is -0.0763. The number of morpholine rings is 1. The number of thioether (sulfide) groups is 1. The summed E-state index contributed by atoms with van der Waals surface area (Å²) in [5, 5.41) is 17.8. The molecule has 7 nitrogen and oxygen atoms in total. The molecule has 0 amide bonds. The van der Waals surface area contributed by atoms with Gasteiger partial charge in [-0.15, -0.1) is 10.2 Å². The van der Waals surface area contributed by atoms with Crippen molar-refractivity contribution in [2.24, 2.45) is 0 Å². The van der Waals surface area contributed by atoms with E-state index in [0.717, 1.165) is 12.5 Å². The molecule has 112 valence electrons. The molecule has 0 saturated carbocycles. The first-order chi connectivity index (χ1) is 9.45. The number of carbonyl (C=O) groups is 1. The first-order valence-electron chi connectivity index (χ1n) is 6.59. The second-order valence-corrected chi connectivity index (χ2v) is 6.17. The topological polar surface area (TPSA) is 80.5 Å². The Morgan fingerprint density at radius 3 is 2.85 bits per heavy atom. The summed E-state index contributed by atoms with van der Waals surface area (Å²) in [6, 6.07) is 0. The number of carboxylic acids is 1. The number of carboxylic acid groups (broad SMARTS) is 1. The van der Waals surface area contributed by atoms with Crippen molar-refractivity contribution in [2.45, 2.75) is 38.0 Å². The molecule has 1 aromatic heterocycles. The summed E-state index contributed by atoms with van der Waals surface area (Å²) in [7, 11) is 0. The fourth-order valence-electron chi connectivity index (χ4n) is 2.22. The van der Waals surface area contributed by atoms with Crippen molar-refractivity contribution >= 4 is 23.7 Å². The highest BCUT2D eigenvalue weighted by molar-refractivity contribution is 7.99. The lowest BCUT2D eigenvalue weighted by Gasteiger charge is -2.42. The lowest BCUT2D eigenvalue weighted by Crippen LogP contribution is -2.54. The van der Waals surface area contributed by atoms with Gasteiger partial charge in [0.05, 0.1) is 24.5 Å². The molecule has 0 aliphatic carbocycles. The number of anilines is 1. The molecule has 20 heavy (non-hydrogen) atoms. The Hall–Kier alpha value is -1.28. The van der Waals surface area contributed by atoms with Crippen LogP contribution < -0.4 is 4.90 Å². The lowest BCUT2D eigenvalue weighted by molar-refractivity contribution is -0.133. The Morgan fingerprint density at radius 2 is 2.25 bits per heavy atom. The van der Waals surface area contributed by atoms with Gasteiger partial charge in [0.15, 0.2) is 5.16 Å². The van der Waals surface area contributed by atoms with Gasteiger partial charge in [-0.3, -0.25) is 9.36 Å². The van der Waals surface area contributed by atoms with Gasteiger partial charge in [0.2, 0.25) is 5.95 Å². The van der Waals surface area contributed by atoms with E-state index in [4.69, 9.17) is 9.84 Å². The summed E-state index contributed by atoms with van der Waals surface area (Å²) < 4.78 is 7.47. The number of aliphatic carboxylic acids is 1. The molecule has 0 bridgehead atoms. The number of ether oxygens (including phenoxy) is 1. The van der Waals surface area contributed by atoms with Gasteiger partial charge in [0.1, 0.15) is 0 Å². The maximum absolute atomic E-state index is 10.7. The Bertz CT molecular complexity index is 489. The molecule has 2 heterocycles. The van der Waals surface area contributed by atoms with Gasteiger partial charge in [-0.2, -0.15) is 0 Å². The second kappa shape index (κ2) is 6.01. The zero-order valence-corrected chi connectivity index (χ0v) is 12.8. The quantitative estimate of drug-likeness (QED) is 0.815. The highest BCUT2D eigenvalue weighted by atomic mass is 32.2. The zero-order chi connectivity index (χ0) is 14.8. The van der Waals surface area contributed by atoms with Crippen molar-refractivity contribution < 1.29 is 14.6 Å². The summed E-state index contributed by atoms with van der Waals surface area (Å²) in [6.45, 7) is 8.98. The monoisotopic (exact) mass is 300 g/mol. The largest absolute Gasteiger partial charge is 0.481 e.